The third-order valence-electron chi connectivity index (χ3n) is 4.08. The number of nitrogens with zero attached hydrogens (tertiary/aromatic N) is 3. The van der Waals surface area contributed by atoms with Gasteiger partial charge in [-0.15, -0.1) is 0 Å². The fourth-order valence-corrected chi connectivity index (χ4v) is 2.73. The number of fused-ring (bicyclic) bond motifs is 1. The Labute approximate surface area is 148 Å². The molecule has 0 bridgehead atoms. The van der Waals surface area contributed by atoms with Crippen LogP contribution in [0.1, 0.15) is 31.2 Å². The number of benzene rings is 2. The number of nitriles is 1. The summed E-state index contributed by atoms with van der Waals surface area (Å²) in [7, 11) is 1.93. The smallest absolute Gasteiger partial charge is 0.151 e. The number of hydrogen-bond donors (Lipinski definition) is 0. The zero-order chi connectivity index (χ0) is 17.6. The van der Waals surface area contributed by atoms with Gasteiger partial charge in [0.25, 0.3) is 0 Å². The largest absolute Gasteiger partial charge is 0.494 e. The number of hydrogen-bond acceptors (Lipinski definition) is 3. The number of allylic oxidation sites excluding steroid dienone is 1. The van der Waals surface area contributed by atoms with E-state index in [0.29, 0.717) is 18.0 Å². The summed E-state index contributed by atoms with van der Waals surface area (Å²) in [5, 5.41) is 9.63. The normalized spacial score (nSPS) is 11.5. The van der Waals surface area contributed by atoms with Gasteiger partial charge >= 0.3 is 0 Å². The first-order valence-electron chi connectivity index (χ1n) is 8.49. The van der Waals surface area contributed by atoms with E-state index in [2.05, 4.69) is 18.0 Å². The predicted octanol–water partition coefficient (Wildman–Crippen LogP) is 4.82. The van der Waals surface area contributed by atoms with E-state index < -0.39 is 0 Å². The lowest BCUT2D eigenvalue weighted by molar-refractivity contribution is 0.309. The van der Waals surface area contributed by atoms with Crippen LogP contribution in [-0.4, -0.2) is 16.2 Å². The van der Waals surface area contributed by atoms with Crippen LogP contribution in [0.2, 0.25) is 0 Å². The Morgan fingerprint density at radius 1 is 1.24 bits per heavy atom. The highest BCUT2D eigenvalue weighted by Gasteiger charge is 2.11. The maximum atomic E-state index is 9.63. The van der Waals surface area contributed by atoms with Gasteiger partial charge in [0.05, 0.1) is 23.2 Å². The Bertz CT molecular complexity index is 947. The molecule has 0 atom stereocenters. The fourth-order valence-electron chi connectivity index (χ4n) is 2.73. The van der Waals surface area contributed by atoms with Gasteiger partial charge in [-0.05, 0) is 42.3 Å². The zero-order valence-electron chi connectivity index (χ0n) is 14.6. The average molecular weight is 331 g/mol. The molecule has 3 aromatic rings. The van der Waals surface area contributed by atoms with Crippen LogP contribution in [0, 0.1) is 11.3 Å². The minimum absolute atomic E-state index is 0.532. The van der Waals surface area contributed by atoms with Gasteiger partial charge in [0.1, 0.15) is 11.8 Å². The van der Waals surface area contributed by atoms with Crippen LogP contribution in [0.25, 0.3) is 22.7 Å². The summed E-state index contributed by atoms with van der Waals surface area (Å²) in [4.78, 5) is 4.60. The second kappa shape index (κ2) is 7.67. The van der Waals surface area contributed by atoms with Crippen molar-refractivity contribution in [3.05, 3.63) is 59.9 Å². The first-order valence-corrected chi connectivity index (χ1v) is 8.49. The molecule has 0 N–H and O–H groups in total. The number of aromatic nitrogens is 2. The van der Waals surface area contributed by atoms with Crippen LogP contribution in [0.3, 0.4) is 0 Å². The van der Waals surface area contributed by atoms with Gasteiger partial charge in [0.2, 0.25) is 0 Å². The molecule has 0 aliphatic rings. The van der Waals surface area contributed by atoms with Crippen molar-refractivity contribution in [2.24, 2.45) is 7.05 Å². The Morgan fingerprint density at radius 3 is 2.84 bits per heavy atom. The molecule has 0 aliphatic heterocycles. The Hall–Kier alpha value is -3.06. The molecule has 0 amide bonds. The van der Waals surface area contributed by atoms with Crippen LogP contribution in [0.15, 0.2) is 48.5 Å². The van der Waals surface area contributed by atoms with Gasteiger partial charge in [-0.1, -0.05) is 37.6 Å². The highest BCUT2D eigenvalue weighted by atomic mass is 16.5. The lowest BCUT2D eigenvalue weighted by Gasteiger charge is -2.06. The molecule has 0 radical (unpaired) electrons. The molecule has 0 fully saturated rings. The standard InChI is InChI=1S/C21H21N3O/c1-3-4-12-25-18-9-7-8-16(14-18)13-17(15-22)21-23-19-10-5-6-11-20(19)24(21)2/h5-11,13-14H,3-4,12H2,1-2H3/b17-13-. The highest BCUT2D eigenvalue weighted by Crippen LogP contribution is 2.23. The van der Waals surface area contributed by atoms with Crippen molar-refractivity contribution in [1.29, 1.82) is 5.26 Å². The summed E-state index contributed by atoms with van der Waals surface area (Å²) >= 11 is 0. The van der Waals surface area contributed by atoms with E-state index >= 15 is 0 Å². The number of aryl methyl sites for hydroxylation is 1. The molecule has 4 heteroatoms. The van der Waals surface area contributed by atoms with Gasteiger partial charge in [-0.25, -0.2) is 4.98 Å². The molecule has 1 heterocycles. The van der Waals surface area contributed by atoms with E-state index in [1.807, 2.05) is 66.2 Å². The van der Waals surface area contributed by atoms with Crippen LogP contribution in [0.4, 0.5) is 0 Å². The Balaban J connectivity index is 1.93. The van der Waals surface area contributed by atoms with Crippen molar-refractivity contribution in [3.8, 4) is 11.8 Å². The zero-order valence-corrected chi connectivity index (χ0v) is 14.6. The van der Waals surface area contributed by atoms with Crippen molar-refractivity contribution >= 4 is 22.7 Å². The molecule has 2 aromatic carbocycles. The molecule has 4 nitrogen and oxygen atoms in total. The maximum Gasteiger partial charge on any atom is 0.151 e. The maximum absolute atomic E-state index is 9.63. The second-order valence-corrected chi connectivity index (χ2v) is 5.93. The molecule has 126 valence electrons. The third kappa shape index (κ3) is 3.72. The number of ether oxygens (including phenoxy) is 1. The quantitative estimate of drug-likeness (QED) is 0.481. The third-order valence-corrected chi connectivity index (χ3v) is 4.08. The molecular weight excluding hydrogens is 310 g/mol. The summed E-state index contributed by atoms with van der Waals surface area (Å²) in [5.41, 5.74) is 3.36. The minimum Gasteiger partial charge on any atom is -0.494 e. The molecule has 3 rings (SSSR count). The average Bonchev–Trinajstić information content (AvgIpc) is 2.97. The van der Waals surface area contributed by atoms with Gasteiger partial charge in [0, 0.05) is 7.05 Å². The Kier molecular flexibility index (Phi) is 5.15. The van der Waals surface area contributed by atoms with E-state index in [0.717, 1.165) is 35.2 Å². The van der Waals surface area contributed by atoms with Crippen molar-refractivity contribution in [2.45, 2.75) is 19.8 Å². The molecule has 0 saturated carbocycles. The molecule has 0 saturated heterocycles. The number of rotatable bonds is 6. The van der Waals surface area contributed by atoms with Crippen LogP contribution < -0.4 is 4.74 Å². The first kappa shape index (κ1) is 16.8. The highest BCUT2D eigenvalue weighted by molar-refractivity contribution is 5.90. The van der Waals surface area contributed by atoms with E-state index in [-0.39, 0.29) is 0 Å². The second-order valence-electron chi connectivity index (χ2n) is 5.93. The molecule has 1 aromatic heterocycles. The van der Waals surface area contributed by atoms with Gasteiger partial charge in [0.15, 0.2) is 5.82 Å². The first-order chi connectivity index (χ1) is 12.2. The lowest BCUT2D eigenvalue weighted by atomic mass is 10.1. The monoisotopic (exact) mass is 331 g/mol. The molecule has 25 heavy (non-hydrogen) atoms. The lowest BCUT2D eigenvalue weighted by Crippen LogP contribution is -1.97. The summed E-state index contributed by atoms with van der Waals surface area (Å²) in [5.74, 6) is 1.49. The van der Waals surface area contributed by atoms with Crippen molar-refractivity contribution < 1.29 is 4.74 Å². The van der Waals surface area contributed by atoms with Crippen molar-refractivity contribution in [1.82, 2.24) is 9.55 Å². The molecule has 0 aliphatic carbocycles. The van der Waals surface area contributed by atoms with Crippen LogP contribution >= 0.6 is 0 Å². The van der Waals surface area contributed by atoms with Crippen LogP contribution in [-0.2, 0) is 7.05 Å². The number of unbranched alkanes of at least 4 members (excludes halogenated alkanes) is 1. The van der Waals surface area contributed by atoms with Crippen LogP contribution in [0.5, 0.6) is 5.75 Å². The van der Waals surface area contributed by atoms with Crippen molar-refractivity contribution in [2.75, 3.05) is 6.61 Å². The summed E-state index contributed by atoms with van der Waals surface area (Å²) in [6, 6.07) is 18.0. The minimum atomic E-state index is 0.532. The number of para-hydroxylation sites is 2. The van der Waals surface area contributed by atoms with E-state index in [1.54, 1.807) is 0 Å². The fraction of sp³-hybridized carbons (Fsp3) is 0.238. The summed E-state index contributed by atoms with van der Waals surface area (Å²) in [6.07, 6.45) is 3.99. The van der Waals surface area contributed by atoms with Gasteiger partial charge in [-0.2, -0.15) is 5.26 Å². The Morgan fingerprint density at radius 2 is 2.08 bits per heavy atom. The van der Waals surface area contributed by atoms with Gasteiger partial charge in [-0.3, -0.25) is 0 Å². The molecule has 0 unspecified atom stereocenters. The van der Waals surface area contributed by atoms with E-state index in [1.165, 1.54) is 0 Å². The predicted molar refractivity (Wildman–Crippen MR) is 101 cm³/mol. The van der Waals surface area contributed by atoms with Gasteiger partial charge < -0.3 is 9.30 Å². The topological polar surface area (TPSA) is 50.8 Å². The van der Waals surface area contributed by atoms with E-state index in [9.17, 15) is 5.26 Å². The number of imidazole rings is 1. The van der Waals surface area contributed by atoms with E-state index in [4.69, 9.17) is 4.74 Å². The molecule has 0 spiro atoms. The molecular formula is C21H21N3O. The summed E-state index contributed by atoms with van der Waals surface area (Å²) < 4.78 is 7.70. The SMILES string of the molecule is CCCCOc1cccc(/C=C(/C#N)c2nc3ccccc3n2C)c1. The van der Waals surface area contributed by atoms with Crippen molar-refractivity contribution in [3.63, 3.8) is 0 Å². The summed E-state index contributed by atoms with van der Waals surface area (Å²) in [6.45, 7) is 2.85.